The summed E-state index contributed by atoms with van der Waals surface area (Å²) >= 11 is 0. The number of rotatable bonds is 2. The Morgan fingerprint density at radius 3 is 1.56 bits per heavy atom. The Morgan fingerprint density at radius 1 is 0.944 bits per heavy atom. The van der Waals surface area contributed by atoms with Crippen LogP contribution in [-0.4, -0.2) is 48.6 Å². The number of fused-ring (bicyclic) bond motifs is 1. The van der Waals surface area contributed by atoms with E-state index in [9.17, 15) is 19.8 Å². The number of hydrogen-bond donors (Lipinski definition) is 2. The fourth-order valence-corrected chi connectivity index (χ4v) is 2.50. The molecule has 3 aliphatic rings. The van der Waals surface area contributed by atoms with E-state index >= 15 is 0 Å². The monoisotopic (exact) mass is 254 g/mol. The number of methoxy groups -OCH3 is 2. The minimum atomic E-state index is -1.12. The first-order valence-corrected chi connectivity index (χ1v) is 5.48. The van der Waals surface area contributed by atoms with Crippen molar-refractivity contribution in [2.45, 2.75) is 12.2 Å². The summed E-state index contributed by atoms with van der Waals surface area (Å²) in [6.07, 6.45) is 0.951. The van der Waals surface area contributed by atoms with Crippen LogP contribution in [-0.2, 0) is 19.1 Å². The van der Waals surface area contributed by atoms with Crippen LogP contribution in [0.15, 0.2) is 23.3 Å². The van der Waals surface area contributed by atoms with Gasteiger partial charge in [-0.2, -0.15) is 0 Å². The van der Waals surface area contributed by atoms with Gasteiger partial charge in [-0.3, -0.25) is 0 Å². The lowest BCUT2D eigenvalue weighted by Gasteiger charge is -2.40. The molecule has 0 aromatic heterocycles. The summed E-state index contributed by atoms with van der Waals surface area (Å²) in [5.74, 6) is -2.88. The Labute approximate surface area is 104 Å². The highest BCUT2D eigenvalue weighted by molar-refractivity contribution is 6.02. The predicted molar refractivity (Wildman–Crippen MR) is 59.2 cm³/mol. The normalized spacial score (nSPS) is 33.6. The summed E-state index contributed by atoms with van der Waals surface area (Å²) in [5, 5.41) is 19.7. The Morgan fingerprint density at radius 2 is 1.28 bits per heavy atom. The summed E-state index contributed by atoms with van der Waals surface area (Å²) in [6.45, 7) is 0. The molecule has 0 aromatic rings. The maximum atomic E-state index is 11.7. The standard InChI is InChI=1S/C12H14O6/c1-17-11(15)7-5-3-4-6(10(14)9(5)13)8(7)12(16)18-2/h3-6,9-10,13-14H,1-2H3/t5-,6+,9-,10+. The molecule has 0 aliphatic heterocycles. The van der Waals surface area contributed by atoms with Crippen molar-refractivity contribution < 1.29 is 29.3 Å². The van der Waals surface area contributed by atoms with E-state index < -0.39 is 36.0 Å². The number of carbonyl (C=O) groups excluding carboxylic acids is 2. The number of hydrogen-bond acceptors (Lipinski definition) is 6. The van der Waals surface area contributed by atoms with Crippen LogP contribution in [0.1, 0.15) is 0 Å². The Hall–Kier alpha value is -1.66. The highest BCUT2D eigenvalue weighted by Crippen LogP contribution is 2.42. The fraction of sp³-hybridized carbons (Fsp3) is 0.500. The number of ether oxygens (including phenoxy) is 2. The molecule has 0 fully saturated rings. The number of carbonyl (C=O) groups is 2. The van der Waals surface area contributed by atoms with Gasteiger partial charge in [-0.05, 0) is 0 Å². The summed E-state index contributed by atoms with van der Waals surface area (Å²) in [6, 6.07) is 0. The first-order valence-electron chi connectivity index (χ1n) is 5.48. The Balaban J connectivity index is 2.56. The van der Waals surface area contributed by atoms with E-state index in [-0.39, 0.29) is 11.1 Å². The molecule has 6 nitrogen and oxygen atoms in total. The van der Waals surface area contributed by atoms with Gasteiger partial charge in [0.2, 0.25) is 0 Å². The third-order valence-corrected chi connectivity index (χ3v) is 3.38. The van der Waals surface area contributed by atoms with Gasteiger partial charge in [0.1, 0.15) is 0 Å². The van der Waals surface area contributed by atoms with Gasteiger partial charge in [0.15, 0.2) is 0 Å². The van der Waals surface area contributed by atoms with E-state index in [0.29, 0.717) is 0 Å². The molecule has 2 N–H and O–H groups in total. The van der Waals surface area contributed by atoms with E-state index in [2.05, 4.69) is 9.47 Å². The van der Waals surface area contributed by atoms with Gasteiger partial charge < -0.3 is 19.7 Å². The lowest BCUT2D eigenvalue weighted by molar-refractivity contribution is -0.143. The quantitative estimate of drug-likeness (QED) is 0.493. The number of aliphatic hydroxyl groups excluding tert-OH is 2. The van der Waals surface area contributed by atoms with E-state index in [1.165, 1.54) is 14.2 Å². The van der Waals surface area contributed by atoms with Gasteiger partial charge in [0.05, 0.1) is 37.6 Å². The second kappa shape index (κ2) is 4.55. The van der Waals surface area contributed by atoms with Gasteiger partial charge in [0.25, 0.3) is 0 Å². The van der Waals surface area contributed by atoms with Crippen molar-refractivity contribution >= 4 is 11.9 Å². The van der Waals surface area contributed by atoms with Crippen LogP contribution in [0.3, 0.4) is 0 Å². The van der Waals surface area contributed by atoms with Crippen LogP contribution < -0.4 is 0 Å². The highest BCUT2D eigenvalue weighted by atomic mass is 16.5. The smallest absolute Gasteiger partial charge is 0.335 e. The molecule has 3 aliphatic carbocycles. The number of aliphatic hydroxyl groups is 2. The fourth-order valence-electron chi connectivity index (χ4n) is 2.50. The largest absolute Gasteiger partial charge is 0.466 e. The van der Waals surface area contributed by atoms with Gasteiger partial charge in [0, 0.05) is 11.8 Å². The van der Waals surface area contributed by atoms with E-state index in [1.807, 2.05) is 0 Å². The van der Waals surface area contributed by atoms with Crippen molar-refractivity contribution in [3.8, 4) is 0 Å². The highest BCUT2D eigenvalue weighted by Gasteiger charge is 2.49. The lowest BCUT2D eigenvalue weighted by Crippen LogP contribution is -2.49. The van der Waals surface area contributed by atoms with Crippen molar-refractivity contribution in [3.63, 3.8) is 0 Å². The molecular weight excluding hydrogens is 240 g/mol. The third-order valence-electron chi connectivity index (χ3n) is 3.38. The average molecular weight is 254 g/mol. The van der Waals surface area contributed by atoms with Crippen LogP contribution in [0, 0.1) is 11.8 Å². The van der Waals surface area contributed by atoms with Crippen molar-refractivity contribution in [2.24, 2.45) is 11.8 Å². The molecule has 0 aromatic carbocycles. The van der Waals surface area contributed by atoms with Gasteiger partial charge in [-0.25, -0.2) is 9.59 Å². The van der Waals surface area contributed by atoms with E-state index in [1.54, 1.807) is 12.2 Å². The minimum absolute atomic E-state index is 0.0645. The van der Waals surface area contributed by atoms with Crippen LogP contribution in [0.2, 0.25) is 0 Å². The Kier molecular flexibility index (Phi) is 3.23. The van der Waals surface area contributed by atoms with Crippen LogP contribution in [0.5, 0.6) is 0 Å². The van der Waals surface area contributed by atoms with Gasteiger partial charge in [-0.1, -0.05) is 12.2 Å². The molecule has 3 rings (SSSR count). The summed E-state index contributed by atoms with van der Waals surface area (Å²) in [4.78, 5) is 23.5. The van der Waals surface area contributed by atoms with Crippen molar-refractivity contribution in [1.82, 2.24) is 0 Å². The average Bonchev–Trinajstić information content (AvgIpc) is 2.41. The van der Waals surface area contributed by atoms with Crippen LogP contribution in [0.4, 0.5) is 0 Å². The summed E-state index contributed by atoms with van der Waals surface area (Å²) in [7, 11) is 2.39. The zero-order valence-corrected chi connectivity index (χ0v) is 9.99. The predicted octanol–water partition coefficient (Wildman–Crippen LogP) is -0.833. The Bertz CT molecular complexity index is 409. The lowest BCUT2D eigenvalue weighted by atomic mass is 9.68. The van der Waals surface area contributed by atoms with Crippen molar-refractivity contribution in [3.05, 3.63) is 23.3 Å². The molecule has 6 heteroatoms. The zero-order chi connectivity index (χ0) is 13.4. The van der Waals surface area contributed by atoms with Gasteiger partial charge in [-0.15, -0.1) is 0 Å². The van der Waals surface area contributed by atoms with Gasteiger partial charge >= 0.3 is 11.9 Å². The molecule has 0 amide bonds. The maximum absolute atomic E-state index is 11.7. The molecule has 18 heavy (non-hydrogen) atoms. The first kappa shape index (κ1) is 12.8. The van der Waals surface area contributed by atoms with E-state index in [4.69, 9.17) is 0 Å². The maximum Gasteiger partial charge on any atom is 0.335 e. The van der Waals surface area contributed by atoms with Crippen molar-refractivity contribution in [1.29, 1.82) is 0 Å². The summed E-state index contributed by atoms with van der Waals surface area (Å²) in [5.41, 5.74) is 0.129. The third kappa shape index (κ3) is 1.65. The zero-order valence-electron chi connectivity index (χ0n) is 9.99. The molecule has 0 heterocycles. The molecular formula is C12H14O6. The molecule has 2 bridgehead atoms. The SMILES string of the molecule is COC(=O)C1=C(C(=O)OC)[C@@H]2C=C[C@H]1[C@@H](O)[C@H]2O. The summed E-state index contributed by atoms with van der Waals surface area (Å²) < 4.78 is 9.24. The van der Waals surface area contributed by atoms with Crippen LogP contribution in [0.25, 0.3) is 0 Å². The first-order chi connectivity index (χ1) is 8.52. The minimum Gasteiger partial charge on any atom is -0.466 e. The topological polar surface area (TPSA) is 93.1 Å². The number of esters is 2. The molecule has 0 radical (unpaired) electrons. The van der Waals surface area contributed by atoms with Crippen LogP contribution >= 0.6 is 0 Å². The molecule has 0 saturated heterocycles. The second-order valence-corrected chi connectivity index (χ2v) is 4.23. The molecule has 0 unspecified atom stereocenters. The molecule has 98 valence electrons. The van der Waals surface area contributed by atoms with E-state index in [0.717, 1.165) is 0 Å². The molecule has 0 spiro atoms. The second-order valence-electron chi connectivity index (χ2n) is 4.23. The molecule has 4 atom stereocenters. The molecule has 0 saturated carbocycles. The van der Waals surface area contributed by atoms with Crippen molar-refractivity contribution in [2.75, 3.05) is 14.2 Å².